The molecule has 0 aliphatic carbocycles. The molecule has 0 amide bonds. The summed E-state index contributed by atoms with van der Waals surface area (Å²) in [5.41, 5.74) is 12.8. The van der Waals surface area contributed by atoms with Crippen molar-refractivity contribution in [1.29, 1.82) is 0 Å². The van der Waals surface area contributed by atoms with Gasteiger partial charge in [-0.2, -0.15) is 0 Å². The van der Waals surface area contributed by atoms with Crippen molar-refractivity contribution < 1.29 is 25.8 Å². The Morgan fingerprint density at radius 1 is 0.562 bits per heavy atom. The fraction of sp³-hybridized carbons (Fsp3) is 0.0536. The van der Waals surface area contributed by atoms with Crippen LogP contribution < -0.4 is 28.4 Å². The van der Waals surface area contributed by atoms with Gasteiger partial charge in [0.2, 0.25) is 0 Å². The molecular formula is C56H40N5OPtSe-3. The third-order valence-corrected chi connectivity index (χ3v) is 14.1. The van der Waals surface area contributed by atoms with Crippen molar-refractivity contribution >= 4 is 63.8 Å². The number of rotatable bonds is 9. The van der Waals surface area contributed by atoms with Gasteiger partial charge in [0.05, 0.1) is 0 Å². The molecule has 9 aromatic rings. The monoisotopic (exact) mass is 1070 g/mol. The molecule has 11 rings (SSSR count). The van der Waals surface area contributed by atoms with Crippen molar-refractivity contribution in [3.05, 3.63) is 231 Å². The van der Waals surface area contributed by atoms with Crippen molar-refractivity contribution in [2.24, 2.45) is 0 Å². The van der Waals surface area contributed by atoms with Gasteiger partial charge in [-0.1, -0.05) is 84.9 Å². The fourth-order valence-corrected chi connectivity index (χ4v) is 10.6. The summed E-state index contributed by atoms with van der Waals surface area (Å²) in [5.74, 6) is 2.00. The first-order chi connectivity index (χ1) is 31.0. The number of fused-ring (bicyclic) bond motifs is 3. The number of hydrogen-bond donors (Lipinski definition) is 0. The predicted molar refractivity (Wildman–Crippen MR) is 257 cm³/mol. The molecule has 6 nitrogen and oxygen atoms in total. The summed E-state index contributed by atoms with van der Waals surface area (Å²) >= 11 is 0.0157. The Balaban J connectivity index is 0.00000484. The van der Waals surface area contributed by atoms with E-state index in [-0.39, 0.29) is 41.4 Å². The number of benzene rings is 7. The first-order valence-corrected chi connectivity index (χ1v) is 22.7. The molecule has 64 heavy (non-hydrogen) atoms. The van der Waals surface area contributed by atoms with E-state index >= 15 is 0 Å². The topological polar surface area (TPSA) is 44.7 Å². The van der Waals surface area contributed by atoms with Crippen molar-refractivity contribution in [3.63, 3.8) is 0 Å². The second kappa shape index (κ2) is 17.4. The second-order valence-electron chi connectivity index (χ2n) is 16.0. The molecule has 0 fully saturated rings. The van der Waals surface area contributed by atoms with Gasteiger partial charge >= 0.3 is 270 Å². The number of ether oxygens (including phenoxy) is 1. The van der Waals surface area contributed by atoms with Crippen molar-refractivity contribution in [2.45, 2.75) is 19.3 Å². The molecule has 2 aliphatic heterocycles. The Kier molecular flexibility index (Phi) is 11.2. The normalized spacial score (nSPS) is 12.8. The Bertz CT molecular complexity index is 3050. The average Bonchev–Trinajstić information content (AvgIpc) is 3.73. The maximum Gasteiger partial charge on any atom is 0 e. The molecule has 0 N–H and O–H groups in total. The minimum Gasteiger partial charge on any atom is 0 e. The molecule has 8 heteroatoms. The second-order valence-corrected chi connectivity index (χ2v) is 18.3. The largest absolute Gasteiger partial charge is 0 e. The Morgan fingerprint density at radius 2 is 1.20 bits per heavy atom. The zero-order valence-electron chi connectivity index (χ0n) is 35.0. The Morgan fingerprint density at radius 3 is 1.92 bits per heavy atom. The van der Waals surface area contributed by atoms with Crippen LogP contribution in [0.25, 0.3) is 22.3 Å². The van der Waals surface area contributed by atoms with E-state index < -0.39 is 0 Å². The van der Waals surface area contributed by atoms with Gasteiger partial charge in [0.1, 0.15) is 0 Å². The van der Waals surface area contributed by atoms with E-state index in [0.717, 1.165) is 62.2 Å². The minimum absolute atomic E-state index is 0. The fourth-order valence-electron chi connectivity index (χ4n) is 8.56. The molecule has 0 atom stereocenters. The molecule has 0 unspecified atom stereocenters. The van der Waals surface area contributed by atoms with Crippen LogP contribution in [0, 0.1) is 18.8 Å². The van der Waals surface area contributed by atoms with Crippen molar-refractivity contribution in [1.82, 2.24) is 9.97 Å². The molecular weight excluding hydrogens is 1030 g/mol. The number of hydrogen-bond acceptors (Lipinski definition) is 6. The average molecular weight is 1070 g/mol. The van der Waals surface area contributed by atoms with Crippen molar-refractivity contribution in [2.75, 3.05) is 14.7 Å². The number of para-hydroxylation sites is 3. The molecule has 0 radical (unpaired) electrons. The van der Waals surface area contributed by atoms with Gasteiger partial charge < -0.3 is 0 Å². The van der Waals surface area contributed by atoms with Gasteiger partial charge in [0.15, 0.2) is 0 Å². The van der Waals surface area contributed by atoms with E-state index in [0.29, 0.717) is 11.5 Å². The third-order valence-electron chi connectivity index (χ3n) is 11.8. The Labute approximate surface area is 395 Å². The molecule has 314 valence electrons. The summed E-state index contributed by atoms with van der Waals surface area (Å²) in [6.45, 7) is 6.69. The smallest absolute Gasteiger partial charge is 0 e. The zero-order chi connectivity index (χ0) is 42.3. The van der Waals surface area contributed by atoms with E-state index in [1.54, 1.807) is 0 Å². The molecule has 0 spiro atoms. The number of aromatic nitrogens is 2. The SMILES string of the molecule is CC(C)(c1ccccc1)c1ccnc(N2c3[c-]c(Oc4[c-]c(N5[CH-]N(c6c(-c7ccccc7)cccc6-c6ccccc6)c6ccccc65)ccc4)ccc3[Se]c3cnccc32)c1.[Pt]. The first-order valence-electron chi connectivity index (χ1n) is 21.0. The van der Waals surface area contributed by atoms with Crippen LogP contribution in [0.2, 0.25) is 0 Å². The van der Waals surface area contributed by atoms with Crippen LogP contribution in [0.3, 0.4) is 0 Å². The summed E-state index contributed by atoms with van der Waals surface area (Å²) in [4.78, 5) is 16.2. The quantitative estimate of drug-likeness (QED) is 0.106. The molecule has 0 saturated heterocycles. The zero-order valence-corrected chi connectivity index (χ0v) is 39.0. The van der Waals surface area contributed by atoms with Crippen LogP contribution in [-0.2, 0) is 26.5 Å². The number of pyridine rings is 2. The van der Waals surface area contributed by atoms with Crippen LogP contribution >= 0.6 is 0 Å². The van der Waals surface area contributed by atoms with Crippen LogP contribution in [0.15, 0.2) is 201 Å². The summed E-state index contributed by atoms with van der Waals surface area (Å²) in [6, 6.07) is 70.8. The van der Waals surface area contributed by atoms with Crippen LogP contribution in [0.1, 0.15) is 25.0 Å². The van der Waals surface area contributed by atoms with Gasteiger partial charge in [-0.15, -0.1) is 0 Å². The van der Waals surface area contributed by atoms with Gasteiger partial charge in [0, 0.05) is 32.2 Å². The van der Waals surface area contributed by atoms with E-state index in [2.05, 4.69) is 216 Å². The van der Waals surface area contributed by atoms with E-state index in [4.69, 9.17) is 9.72 Å². The minimum atomic E-state index is -0.238. The van der Waals surface area contributed by atoms with E-state index in [1.807, 2.05) is 36.8 Å². The summed E-state index contributed by atoms with van der Waals surface area (Å²) in [7, 11) is 0. The molecule has 2 aromatic heterocycles. The Hall–Kier alpha value is -6.75. The first kappa shape index (κ1) is 41.3. The van der Waals surface area contributed by atoms with Gasteiger partial charge in [-0.3, -0.25) is 0 Å². The van der Waals surface area contributed by atoms with Gasteiger partial charge in [-0.05, 0) is 11.1 Å². The maximum atomic E-state index is 6.69. The molecule has 0 bridgehead atoms. The standard InChI is InChI=1S/C56H40N5OSe.Pt/c1-56(2,41-20-10-5-11-21-41)42-30-33-58-54(34-42)61-50-31-32-57-37-53(50)63-52-29-28-45(36-51(52)61)62-44-23-14-22-43(35-44)59-38-60(49-27-13-12-26-48(49)59)55-46(39-16-6-3-7-17-39)24-15-25-47(55)40-18-8-4-9-19-40;/h3-34,37-38H,1-2H3;/q-3;. The van der Waals surface area contributed by atoms with Crippen LogP contribution in [0.5, 0.6) is 11.5 Å². The van der Waals surface area contributed by atoms with Crippen LogP contribution in [0.4, 0.5) is 39.9 Å². The van der Waals surface area contributed by atoms with E-state index in [1.165, 1.54) is 20.1 Å². The van der Waals surface area contributed by atoms with Gasteiger partial charge in [-0.25, -0.2) is 0 Å². The molecule has 4 heterocycles. The van der Waals surface area contributed by atoms with E-state index in [9.17, 15) is 0 Å². The van der Waals surface area contributed by atoms with Crippen LogP contribution in [-0.4, -0.2) is 24.9 Å². The summed E-state index contributed by atoms with van der Waals surface area (Å²) < 4.78 is 9.05. The molecule has 2 aliphatic rings. The molecule has 0 saturated carbocycles. The predicted octanol–water partition coefficient (Wildman–Crippen LogP) is 12.4. The maximum absolute atomic E-state index is 6.69. The van der Waals surface area contributed by atoms with Crippen molar-refractivity contribution in [3.8, 4) is 33.8 Å². The summed E-state index contributed by atoms with van der Waals surface area (Å²) in [6.07, 6.45) is 5.74. The number of nitrogens with zero attached hydrogens (tertiary/aromatic N) is 5. The molecule has 7 aromatic carbocycles. The third kappa shape index (κ3) is 7.60. The number of anilines is 7. The summed E-state index contributed by atoms with van der Waals surface area (Å²) in [5, 5.41) is 0. The van der Waals surface area contributed by atoms with Gasteiger partial charge in [0.25, 0.3) is 0 Å².